The van der Waals surface area contributed by atoms with Crippen LogP contribution < -0.4 is 16.2 Å². The van der Waals surface area contributed by atoms with Crippen LogP contribution in [0.25, 0.3) is 5.69 Å². The first-order chi connectivity index (χ1) is 16.9. The quantitative estimate of drug-likeness (QED) is 0.444. The first-order valence-corrected chi connectivity index (χ1v) is 12.3. The van der Waals surface area contributed by atoms with Crippen LogP contribution in [0.2, 0.25) is 0 Å². The molecule has 0 aliphatic rings. The highest BCUT2D eigenvalue weighted by atomic mass is 32.2. The number of benzene rings is 2. The molecule has 0 saturated heterocycles. The van der Waals surface area contributed by atoms with Gasteiger partial charge in [-0.2, -0.15) is 13.2 Å². The second-order valence-electron chi connectivity index (χ2n) is 7.89. The molecule has 0 bridgehead atoms. The van der Waals surface area contributed by atoms with Crippen molar-refractivity contribution in [3.63, 3.8) is 0 Å². The Hall–Kier alpha value is -3.70. The van der Waals surface area contributed by atoms with Gasteiger partial charge in [-0.1, -0.05) is 24.3 Å². The molecule has 0 aliphatic carbocycles. The molecular weight excluding hydrogens is 495 g/mol. The van der Waals surface area contributed by atoms with E-state index in [2.05, 4.69) is 17.2 Å². The maximum absolute atomic E-state index is 13.1. The number of halogens is 3. The number of sulfone groups is 1. The number of aromatic nitrogens is 1. The van der Waals surface area contributed by atoms with Crippen LogP contribution in [0.3, 0.4) is 0 Å². The normalized spacial score (nSPS) is 12.7. The van der Waals surface area contributed by atoms with Crippen molar-refractivity contribution in [3.8, 4) is 5.69 Å². The number of nitrogens with one attached hydrogen (secondary N) is 2. The van der Waals surface area contributed by atoms with Gasteiger partial charge in [0, 0.05) is 17.9 Å². The monoisotopic (exact) mass is 519 g/mol. The van der Waals surface area contributed by atoms with E-state index in [-0.39, 0.29) is 22.7 Å². The van der Waals surface area contributed by atoms with E-state index in [9.17, 15) is 31.2 Å². The molecule has 3 aromatic rings. The molecule has 1 amide bonds. The molecule has 2 aromatic carbocycles. The molecule has 1 aromatic heterocycles. The lowest BCUT2D eigenvalue weighted by Gasteiger charge is -2.15. The van der Waals surface area contributed by atoms with Gasteiger partial charge in [0.2, 0.25) is 0 Å². The highest BCUT2D eigenvalue weighted by Crippen LogP contribution is 2.30. The number of rotatable bonds is 8. The summed E-state index contributed by atoms with van der Waals surface area (Å²) in [5, 5.41) is 4.28. The largest absolute Gasteiger partial charge is 0.416 e. The smallest absolute Gasteiger partial charge is 0.348 e. The fraction of sp³-hybridized carbons (Fsp3) is 0.200. The summed E-state index contributed by atoms with van der Waals surface area (Å²) < 4.78 is 65.5. The Kier molecular flexibility index (Phi) is 7.85. The number of hydrogen-bond donors (Lipinski definition) is 2. The summed E-state index contributed by atoms with van der Waals surface area (Å²) in [6.07, 6.45) is -3.31. The number of carbonyl (C=O) groups excluding carboxylic acids is 1. The summed E-state index contributed by atoms with van der Waals surface area (Å²) in [4.78, 5) is 25.8. The van der Waals surface area contributed by atoms with Crippen molar-refractivity contribution >= 4 is 15.7 Å². The summed E-state index contributed by atoms with van der Waals surface area (Å²) in [5.74, 6) is -0.723. The molecule has 0 saturated carbocycles. The zero-order valence-corrected chi connectivity index (χ0v) is 20.3. The average molecular weight is 520 g/mol. The average Bonchev–Trinajstić information content (AvgIpc) is 2.83. The fourth-order valence-corrected chi connectivity index (χ4v) is 4.94. The molecule has 36 heavy (non-hydrogen) atoms. The Labute approximate surface area is 206 Å². The van der Waals surface area contributed by atoms with E-state index in [1.807, 2.05) is 0 Å². The van der Waals surface area contributed by atoms with Gasteiger partial charge in [0.05, 0.1) is 10.5 Å². The second kappa shape index (κ2) is 10.5. The van der Waals surface area contributed by atoms with Crippen LogP contribution in [0.15, 0.2) is 83.0 Å². The van der Waals surface area contributed by atoms with E-state index in [1.165, 1.54) is 61.7 Å². The molecule has 0 radical (unpaired) electrons. The fourth-order valence-electron chi connectivity index (χ4n) is 3.57. The molecular formula is C25H24F3N3O4S. The molecule has 0 fully saturated rings. The Bertz CT molecular complexity index is 1450. The third-order valence-electron chi connectivity index (χ3n) is 5.49. The lowest BCUT2D eigenvalue weighted by molar-refractivity contribution is -0.137. The van der Waals surface area contributed by atoms with Crippen molar-refractivity contribution in [2.75, 3.05) is 7.05 Å². The van der Waals surface area contributed by atoms with Crippen LogP contribution in [0.4, 0.5) is 13.2 Å². The predicted octanol–water partition coefficient (Wildman–Crippen LogP) is 3.60. The minimum absolute atomic E-state index is 0.00699. The van der Waals surface area contributed by atoms with Gasteiger partial charge in [0.15, 0.2) is 9.84 Å². The summed E-state index contributed by atoms with van der Waals surface area (Å²) in [6.45, 7) is 5.04. The van der Waals surface area contributed by atoms with Crippen LogP contribution in [0.5, 0.6) is 0 Å². The van der Waals surface area contributed by atoms with Crippen molar-refractivity contribution in [2.24, 2.45) is 0 Å². The van der Waals surface area contributed by atoms with Gasteiger partial charge in [-0.3, -0.25) is 14.2 Å². The highest BCUT2D eigenvalue weighted by Gasteiger charge is 2.31. The molecule has 1 atom stereocenters. The van der Waals surface area contributed by atoms with Crippen molar-refractivity contribution < 1.29 is 26.4 Å². The van der Waals surface area contributed by atoms with Crippen molar-refractivity contribution in [1.82, 2.24) is 15.2 Å². The Morgan fingerprint density at radius 1 is 1.11 bits per heavy atom. The lowest BCUT2D eigenvalue weighted by atomic mass is 10.1. The SMILES string of the molecule is C=CC(NC)S(=O)(=O)c1ccc(CNC(=O)c2ccc(C)n(-c3cccc(C(F)(F)F)c3)c2=O)cc1. The van der Waals surface area contributed by atoms with Gasteiger partial charge < -0.3 is 10.6 Å². The lowest BCUT2D eigenvalue weighted by Crippen LogP contribution is -2.33. The first kappa shape index (κ1) is 26.9. The maximum atomic E-state index is 13.1. The topological polar surface area (TPSA) is 97.3 Å². The molecule has 0 aliphatic heterocycles. The number of alkyl halides is 3. The summed E-state index contributed by atoms with van der Waals surface area (Å²) in [6, 6.07) is 12.9. The van der Waals surface area contributed by atoms with Gasteiger partial charge in [0.1, 0.15) is 10.9 Å². The Balaban J connectivity index is 1.82. The summed E-state index contributed by atoms with van der Waals surface area (Å²) in [5.41, 5.74) is -1.02. The molecule has 1 unspecified atom stereocenters. The number of aryl methyl sites for hydroxylation is 1. The molecule has 0 spiro atoms. The number of pyridine rings is 1. The minimum Gasteiger partial charge on any atom is -0.348 e. The van der Waals surface area contributed by atoms with Gasteiger partial charge in [-0.05, 0) is 62.0 Å². The molecule has 3 rings (SSSR count). The standard InChI is InChI=1S/C25H24F3N3O4S/c1-4-22(29-3)36(34,35)20-11-9-17(10-12-20)15-30-23(32)21-13-8-16(2)31(24(21)33)19-7-5-6-18(14-19)25(26,27)28/h4-14,22,29H,1,15H2,2-3H3,(H,30,32). The maximum Gasteiger partial charge on any atom is 0.416 e. The van der Waals surface area contributed by atoms with Gasteiger partial charge >= 0.3 is 6.18 Å². The van der Waals surface area contributed by atoms with Crippen molar-refractivity contribution in [2.45, 2.75) is 29.9 Å². The van der Waals surface area contributed by atoms with Crippen LogP contribution in [-0.2, 0) is 22.6 Å². The van der Waals surface area contributed by atoms with Crippen molar-refractivity contribution in [3.05, 3.63) is 106 Å². The third kappa shape index (κ3) is 5.58. The Morgan fingerprint density at radius 2 is 1.78 bits per heavy atom. The molecule has 11 heteroatoms. The summed E-state index contributed by atoms with van der Waals surface area (Å²) in [7, 11) is -2.18. The first-order valence-electron chi connectivity index (χ1n) is 10.7. The number of amides is 1. The number of carbonyl (C=O) groups is 1. The Morgan fingerprint density at radius 3 is 2.36 bits per heavy atom. The van der Waals surface area contributed by atoms with Crippen LogP contribution >= 0.6 is 0 Å². The zero-order valence-electron chi connectivity index (χ0n) is 19.5. The predicted molar refractivity (Wildman–Crippen MR) is 130 cm³/mol. The van der Waals surface area contributed by atoms with E-state index in [4.69, 9.17) is 0 Å². The number of likely N-dealkylation sites (N-methyl/N-ethyl adjacent to an activating group) is 1. The van der Waals surface area contributed by atoms with E-state index >= 15 is 0 Å². The van der Waals surface area contributed by atoms with Crippen LogP contribution in [0.1, 0.15) is 27.2 Å². The van der Waals surface area contributed by atoms with E-state index in [0.717, 1.165) is 16.7 Å². The van der Waals surface area contributed by atoms with Gasteiger partial charge in [-0.25, -0.2) is 8.42 Å². The van der Waals surface area contributed by atoms with Crippen molar-refractivity contribution in [1.29, 1.82) is 0 Å². The van der Waals surface area contributed by atoms with E-state index < -0.39 is 38.4 Å². The highest BCUT2D eigenvalue weighted by molar-refractivity contribution is 7.92. The number of nitrogens with zero attached hydrogens (tertiary/aromatic N) is 1. The molecule has 190 valence electrons. The zero-order chi connectivity index (χ0) is 26.7. The van der Waals surface area contributed by atoms with Gasteiger partial charge in [-0.15, -0.1) is 6.58 Å². The number of hydrogen-bond acceptors (Lipinski definition) is 5. The second-order valence-corrected chi connectivity index (χ2v) is 9.96. The molecule has 7 nitrogen and oxygen atoms in total. The molecule has 2 N–H and O–H groups in total. The summed E-state index contributed by atoms with van der Waals surface area (Å²) >= 11 is 0. The third-order valence-corrected chi connectivity index (χ3v) is 7.52. The molecule has 1 heterocycles. The van der Waals surface area contributed by atoms with Crippen LogP contribution in [0, 0.1) is 6.92 Å². The van der Waals surface area contributed by atoms with E-state index in [0.29, 0.717) is 11.3 Å². The van der Waals surface area contributed by atoms with Gasteiger partial charge in [0.25, 0.3) is 11.5 Å². The van der Waals surface area contributed by atoms with E-state index in [1.54, 1.807) is 6.92 Å². The van der Waals surface area contributed by atoms with Crippen LogP contribution in [-0.4, -0.2) is 31.3 Å². The minimum atomic E-state index is -4.59.